The van der Waals surface area contributed by atoms with E-state index >= 15 is 0 Å². The summed E-state index contributed by atoms with van der Waals surface area (Å²) >= 11 is 6.35. The summed E-state index contributed by atoms with van der Waals surface area (Å²) in [6.07, 6.45) is 2.64. The van der Waals surface area contributed by atoms with Crippen LogP contribution in [0.15, 0.2) is 48.5 Å². The molecule has 5 heteroatoms. The molecule has 0 spiro atoms. The SMILES string of the molecule is CCC(=O)c1ccc(C[C@@H](CNC(=O)C[C@@H](CC(C)C)c2ccccc2)N(C)C)cc1Cl. The van der Waals surface area contributed by atoms with Crippen LogP contribution in [0.1, 0.15) is 67.4 Å². The molecule has 0 saturated heterocycles. The van der Waals surface area contributed by atoms with Gasteiger partial charge in [-0.25, -0.2) is 0 Å². The standard InChI is InChI=1S/C27H37ClN2O2/c1-6-26(31)24-13-12-20(16-25(24)28)15-23(30(4)5)18-29-27(32)17-22(14-19(2)3)21-10-8-7-9-11-21/h7-13,16,19,22-23H,6,14-15,17-18H2,1-5H3,(H,29,32)/t22-,23+/m1/s1. The average molecular weight is 457 g/mol. The molecule has 0 heterocycles. The molecule has 0 bridgehead atoms. The molecular formula is C27H37ClN2O2. The highest BCUT2D eigenvalue weighted by molar-refractivity contribution is 6.34. The van der Waals surface area contributed by atoms with E-state index in [1.807, 2.05) is 57.4 Å². The van der Waals surface area contributed by atoms with Crippen molar-refractivity contribution in [2.75, 3.05) is 20.6 Å². The van der Waals surface area contributed by atoms with Crippen molar-refractivity contribution in [3.63, 3.8) is 0 Å². The number of carbonyl (C=O) groups excluding carboxylic acids is 2. The number of carbonyl (C=O) groups is 2. The molecule has 0 aliphatic carbocycles. The van der Waals surface area contributed by atoms with Crippen LogP contribution >= 0.6 is 11.6 Å². The maximum Gasteiger partial charge on any atom is 0.220 e. The van der Waals surface area contributed by atoms with Gasteiger partial charge in [0.1, 0.15) is 0 Å². The minimum absolute atomic E-state index is 0.0485. The summed E-state index contributed by atoms with van der Waals surface area (Å²) in [5, 5.41) is 3.64. The number of nitrogens with zero attached hydrogens (tertiary/aromatic N) is 1. The van der Waals surface area contributed by atoms with Gasteiger partial charge in [0.05, 0.1) is 5.02 Å². The summed E-state index contributed by atoms with van der Waals surface area (Å²) in [7, 11) is 4.03. The summed E-state index contributed by atoms with van der Waals surface area (Å²) in [6, 6.07) is 16.1. The molecule has 1 N–H and O–H groups in total. The minimum Gasteiger partial charge on any atom is -0.355 e. The molecule has 174 valence electrons. The predicted octanol–water partition coefficient (Wildman–Crippen LogP) is 5.74. The number of rotatable bonds is 12. The van der Waals surface area contributed by atoms with Crippen LogP contribution in [-0.2, 0) is 11.2 Å². The molecule has 0 saturated carbocycles. The average Bonchev–Trinajstić information content (AvgIpc) is 2.75. The molecule has 2 aromatic carbocycles. The number of benzene rings is 2. The van der Waals surface area contributed by atoms with Crippen molar-refractivity contribution < 1.29 is 9.59 Å². The Bertz CT molecular complexity index is 880. The first-order valence-corrected chi connectivity index (χ1v) is 11.9. The van der Waals surface area contributed by atoms with Crippen LogP contribution in [-0.4, -0.2) is 43.3 Å². The predicted molar refractivity (Wildman–Crippen MR) is 134 cm³/mol. The lowest BCUT2D eigenvalue weighted by atomic mass is 9.87. The molecule has 0 aromatic heterocycles. The maximum absolute atomic E-state index is 12.8. The van der Waals surface area contributed by atoms with Crippen molar-refractivity contribution in [1.29, 1.82) is 0 Å². The Morgan fingerprint density at radius 1 is 1.06 bits per heavy atom. The van der Waals surface area contributed by atoms with E-state index in [1.54, 1.807) is 0 Å². The molecule has 0 fully saturated rings. The van der Waals surface area contributed by atoms with Crippen molar-refractivity contribution in [1.82, 2.24) is 10.2 Å². The van der Waals surface area contributed by atoms with E-state index in [2.05, 4.69) is 36.2 Å². The first-order chi connectivity index (χ1) is 15.2. The molecule has 2 aromatic rings. The van der Waals surface area contributed by atoms with Gasteiger partial charge in [0.15, 0.2) is 5.78 Å². The molecule has 0 unspecified atom stereocenters. The number of amides is 1. The summed E-state index contributed by atoms with van der Waals surface area (Å²) < 4.78 is 0. The molecule has 32 heavy (non-hydrogen) atoms. The van der Waals surface area contributed by atoms with Gasteiger partial charge in [-0.3, -0.25) is 9.59 Å². The van der Waals surface area contributed by atoms with Gasteiger partial charge in [-0.1, -0.05) is 68.8 Å². The van der Waals surface area contributed by atoms with Gasteiger partial charge in [0, 0.05) is 31.0 Å². The fraction of sp³-hybridized carbons (Fsp3) is 0.481. The van der Waals surface area contributed by atoms with Crippen LogP contribution in [0.25, 0.3) is 0 Å². The van der Waals surface area contributed by atoms with E-state index in [1.165, 1.54) is 5.56 Å². The zero-order valence-corrected chi connectivity index (χ0v) is 20.8. The van der Waals surface area contributed by atoms with Crippen molar-refractivity contribution in [2.24, 2.45) is 5.92 Å². The van der Waals surface area contributed by atoms with Gasteiger partial charge in [-0.2, -0.15) is 0 Å². The summed E-state index contributed by atoms with van der Waals surface area (Å²) in [6.45, 7) is 6.78. The van der Waals surface area contributed by atoms with Gasteiger partial charge >= 0.3 is 0 Å². The first-order valence-electron chi connectivity index (χ1n) is 11.5. The van der Waals surface area contributed by atoms with Crippen LogP contribution in [0.2, 0.25) is 5.02 Å². The second kappa shape index (κ2) is 12.8. The number of ketones is 1. The Labute approximate surface area is 198 Å². The molecular weight excluding hydrogens is 420 g/mol. The van der Waals surface area contributed by atoms with Crippen LogP contribution in [0.4, 0.5) is 0 Å². The lowest BCUT2D eigenvalue weighted by molar-refractivity contribution is -0.121. The molecule has 2 rings (SSSR count). The third-order valence-electron chi connectivity index (χ3n) is 5.85. The number of halogens is 1. The molecule has 1 amide bonds. The minimum atomic E-state index is 0.0485. The number of nitrogens with one attached hydrogen (secondary N) is 1. The van der Waals surface area contributed by atoms with Crippen molar-refractivity contribution in [3.05, 3.63) is 70.2 Å². The van der Waals surface area contributed by atoms with E-state index in [9.17, 15) is 9.59 Å². The fourth-order valence-corrected chi connectivity index (χ4v) is 4.28. The van der Waals surface area contributed by atoms with Crippen LogP contribution in [0, 0.1) is 5.92 Å². The van der Waals surface area contributed by atoms with E-state index in [0.29, 0.717) is 35.9 Å². The van der Waals surface area contributed by atoms with Crippen molar-refractivity contribution >= 4 is 23.3 Å². The van der Waals surface area contributed by atoms with Gasteiger partial charge < -0.3 is 10.2 Å². The number of likely N-dealkylation sites (N-methyl/N-ethyl adjacent to an activating group) is 1. The van der Waals surface area contributed by atoms with Gasteiger partial charge in [0.2, 0.25) is 5.91 Å². The lowest BCUT2D eigenvalue weighted by Crippen LogP contribution is -2.42. The third-order valence-corrected chi connectivity index (χ3v) is 6.16. The maximum atomic E-state index is 12.8. The lowest BCUT2D eigenvalue weighted by Gasteiger charge is -2.26. The largest absolute Gasteiger partial charge is 0.355 e. The topological polar surface area (TPSA) is 49.4 Å². The Balaban J connectivity index is 2.00. The zero-order valence-electron chi connectivity index (χ0n) is 20.0. The van der Waals surface area contributed by atoms with Gasteiger partial charge in [-0.15, -0.1) is 0 Å². The molecule has 4 nitrogen and oxygen atoms in total. The Morgan fingerprint density at radius 3 is 2.31 bits per heavy atom. The highest BCUT2D eigenvalue weighted by atomic mass is 35.5. The summed E-state index contributed by atoms with van der Waals surface area (Å²) in [4.78, 5) is 26.9. The first kappa shape index (κ1) is 26.1. The smallest absolute Gasteiger partial charge is 0.220 e. The molecule has 0 radical (unpaired) electrons. The van der Waals surface area contributed by atoms with E-state index in [-0.39, 0.29) is 23.7 Å². The zero-order chi connectivity index (χ0) is 23.7. The Hall–Kier alpha value is -2.17. The highest BCUT2D eigenvalue weighted by Crippen LogP contribution is 2.27. The molecule has 0 aliphatic rings. The number of hydrogen-bond acceptors (Lipinski definition) is 3. The number of hydrogen-bond donors (Lipinski definition) is 1. The van der Waals surface area contributed by atoms with E-state index in [4.69, 9.17) is 11.6 Å². The van der Waals surface area contributed by atoms with E-state index in [0.717, 1.165) is 18.4 Å². The Morgan fingerprint density at radius 2 is 1.75 bits per heavy atom. The monoisotopic (exact) mass is 456 g/mol. The normalized spacial score (nSPS) is 13.2. The van der Waals surface area contributed by atoms with Gasteiger partial charge in [0.25, 0.3) is 0 Å². The van der Waals surface area contributed by atoms with Crippen molar-refractivity contribution in [3.8, 4) is 0 Å². The summed E-state index contributed by atoms with van der Waals surface area (Å²) in [5.74, 6) is 0.868. The van der Waals surface area contributed by atoms with Crippen LogP contribution in [0.5, 0.6) is 0 Å². The molecule has 2 atom stereocenters. The number of Topliss-reactive ketones (excluding diaryl/α,β-unsaturated/α-hetero) is 1. The second-order valence-corrected chi connectivity index (χ2v) is 9.57. The fourth-order valence-electron chi connectivity index (χ4n) is 3.97. The van der Waals surface area contributed by atoms with Crippen molar-refractivity contribution in [2.45, 2.75) is 58.4 Å². The van der Waals surface area contributed by atoms with Crippen LogP contribution < -0.4 is 5.32 Å². The second-order valence-electron chi connectivity index (χ2n) is 9.16. The highest BCUT2D eigenvalue weighted by Gasteiger charge is 2.20. The summed E-state index contributed by atoms with van der Waals surface area (Å²) in [5.41, 5.74) is 2.85. The van der Waals surface area contributed by atoms with E-state index < -0.39 is 0 Å². The Kier molecular flexibility index (Phi) is 10.4. The molecule has 0 aliphatic heterocycles. The van der Waals surface area contributed by atoms with Gasteiger partial charge in [-0.05, 0) is 62.0 Å². The quantitative estimate of drug-likeness (QED) is 0.414. The third kappa shape index (κ3) is 8.07. The van der Waals surface area contributed by atoms with Crippen LogP contribution in [0.3, 0.4) is 0 Å².